The maximum atomic E-state index is 4.49. The molecule has 1 aliphatic carbocycles. The second kappa shape index (κ2) is 4.09. The van der Waals surface area contributed by atoms with Crippen molar-refractivity contribution in [2.24, 2.45) is 0 Å². The van der Waals surface area contributed by atoms with E-state index in [4.69, 9.17) is 0 Å². The third kappa shape index (κ3) is 1.95. The van der Waals surface area contributed by atoms with Crippen molar-refractivity contribution in [3.05, 3.63) is 29.6 Å². The molecule has 2 nitrogen and oxygen atoms in total. The van der Waals surface area contributed by atoms with Gasteiger partial charge in [0.15, 0.2) is 0 Å². The molecule has 0 spiro atoms. The molecule has 0 aromatic carbocycles. The van der Waals surface area contributed by atoms with Gasteiger partial charge < -0.3 is 5.32 Å². The lowest BCUT2D eigenvalue weighted by Crippen LogP contribution is -2.31. The molecule has 0 aliphatic heterocycles. The van der Waals surface area contributed by atoms with Crippen molar-refractivity contribution in [2.45, 2.75) is 45.2 Å². The molecule has 14 heavy (non-hydrogen) atoms. The van der Waals surface area contributed by atoms with E-state index in [0.29, 0.717) is 12.1 Å². The van der Waals surface area contributed by atoms with E-state index < -0.39 is 0 Å². The minimum absolute atomic E-state index is 0.472. The van der Waals surface area contributed by atoms with E-state index in [1.54, 1.807) is 0 Å². The summed E-state index contributed by atoms with van der Waals surface area (Å²) in [5, 5.41) is 3.58. The van der Waals surface area contributed by atoms with Crippen molar-refractivity contribution in [1.82, 2.24) is 10.3 Å². The third-order valence-corrected chi connectivity index (χ3v) is 2.73. The largest absolute Gasteiger partial charge is 0.306 e. The molecule has 0 unspecified atom stereocenters. The molecular formula is C12H18N2. The highest BCUT2D eigenvalue weighted by Gasteiger charge is 2.20. The number of rotatable bonds is 2. The summed E-state index contributed by atoms with van der Waals surface area (Å²) in [4.78, 5) is 4.49. The lowest BCUT2D eigenvalue weighted by molar-refractivity contribution is 0.414. The van der Waals surface area contributed by atoms with E-state index in [1.165, 1.54) is 30.5 Å². The van der Waals surface area contributed by atoms with Crippen LogP contribution in [0.4, 0.5) is 0 Å². The van der Waals surface area contributed by atoms with Gasteiger partial charge in [0.1, 0.15) is 0 Å². The van der Waals surface area contributed by atoms with Crippen LogP contribution >= 0.6 is 0 Å². The van der Waals surface area contributed by atoms with Crippen LogP contribution in [0.2, 0.25) is 0 Å². The average Bonchev–Trinajstić information content (AvgIpc) is 2.18. The summed E-state index contributed by atoms with van der Waals surface area (Å²) >= 11 is 0. The van der Waals surface area contributed by atoms with Crippen LogP contribution in [-0.2, 0) is 6.42 Å². The van der Waals surface area contributed by atoms with Crippen molar-refractivity contribution in [3.8, 4) is 0 Å². The molecule has 76 valence electrons. The van der Waals surface area contributed by atoms with Crippen LogP contribution in [0.15, 0.2) is 18.3 Å². The molecule has 0 radical (unpaired) electrons. The second-order valence-electron chi connectivity index (χ2n) is 4.31. The number of hydrogen-bond donors (Lipinski definition) is 1. The number of hydrogen-bond acceptors (Lipinski definition) is 2. The summed E-state index contributed by atoms with van der Waals surface area (Å²) in [6, 6.07) is 5.25. The molecule has 0 saturated heterocycles. The summed E-state index contributed by atoms with van der Waals surface area (Å²) in [7, 11) is 0. The highest BCUT2D eigenvalue weighted by molar-refractivity contribution is 5.25. The van der Waals surface area contributed by atoms with Gasteiger partial charge in [0.05, 0.1) is 5.69 Å². The SMILES string of the molecule is CC(C)N[C@@H]1CCCc2cccnc21. The molecular weight excluding hydrogens is 172 g/mol. The minimum Gasteiger partial charge on any atom is -0.306 e. The van der Waals surface area contributed by atoms with Crippen LogP contribution in [-0.4, -0.2) is 11.0 Å². The molecule has 1 heterocycles. The zero-order valence-electron chi connectivity index (χ0n) is 8.96. The van der Waals surface area contributed by atoms with Gasteiger partial charge in [0, 0.05) is 18.3 Å². The Morgan fingerprint density at radius 3 is 3.14 bits per heavy atom. The smallest absolute Gasteiger partial charge is 0.0605 e. The predicted octanol–water partition coefficient (Wildman–Crippen LogP) is 2.46. The van der Waals surface area contributed by atoms with Gasteiger partial charge in [-0.3, -0.25) is 4.98 Å². The molecule has 0 amide bonds. The fourth-order valence-electron chi connectivity index (χ4n) is 2.17. The van der Waals surface area contributed by atoms with Gasteiger partial charge in [0.2, 0.25) is 0 Å². The van der Waals surface area contributed by atoms with E-state index in [0.717, 1.165) is 0 Å². The van der Waals surface area contributed by atoms with Gasteiger partial charge in [-0.15, -0.1) is 0 Å². The maximum Gasteiger partial charge on any atom is 0.0605 e. The summed E-state index contributed by atoms with van der Waals surface area (Å²) < 4.78 is 0. The Hall–Kier alpha value is -0.890. The van der Waals surface area contributed by atoms with Gasteiger partial charge >= 0.3 is 0 Å². The standard InChI is InChI=1S/C12H18N2/c1-9(2)14-11-7-3-5-10-6-4-8-13-12(10)11/h4,6,8-9,11,14H,3,5,7H2,1-2H3/t11-/m1/s1. The first-order valence-electron chi connectivity index (χ1n) is 5.47. The summed E-state index contributed by atoms with van der Waals surface area (Å²) in [6.45, 7) is 4.38. The second-order valence-corrected chi connectivity index (χ2v) is 4.31. The number of nitrogens with zero attached hydrogens (tertiary/aromatic N) is 1. The monoisotopic (exact) mass is 190 g/mol. The number of nitrogens with one attached hydrogen (secondary N) is 1. The van der Waals surface area contributed by atoms with Gasteiger partial charge in [-0.1, -0.05) is 19.9 Å². The molecule has 1 atom stereocenters. The van der Waals surface area contributed by atoms with Crippen LogP contribution in [0, 0.1) is 0 Å². The van der Waals surface area contributed by atoms with Crippen molar-refractivity contribution >= 4 is 0 Å². The highest BCUT2D eigenvalue weighted by atomic mass is 15.0. The van der Waals surface area contributed by atoms with Crippen LogP contribution in [0.25, 0.3) is 0 Å². The van der Waals surface area contributed by atoms with Gasteiger partial charge in [-0.2, -0.15) is 0 Å². The highest BCUT2D eigenvalue weighted by Crippen LogP contribution is 2.27. The topological polar surface area (TPSA) is 24.9 Å². The Morgan fingerprint density at radius 1 is 1.50 bits per heavy atom. The van der Waals surface area contributed by atoms with Crippen LogP contribution < -0.4 is 5.32 Å². The van der Waals surface area contributed by atoms with Crippen LogP contribution in [0.5, 0.6) is 0 Å². The first kappa shape index (κ1) is 9.66. The van der Waals surface area contributed by atoms with Crippen molar-refractivity contribution in [1.29, 1.82) is 0 Å². The van der Waals surface area contributed by atoms with Gasteiger partial charge in [0.25, 0.3) is 0 Å². The molecule has 1 aromatic heterocycles. The molecule has 2 heteroatoms. The molecule has 1 aliphatic rings. The van der Waals surface area contributed by atoms with Gasteiger partial charge in [-0.05, 0) is 30.9 Å². The molecule has 2 rings (SSSR count). The van der Waals surface area contributed by atoms with Crippen molar-refractivity contribution in [2.75, 3.05) is 0 Å². The number of fused-ring (bicyclic) bond motifs is 1. The Labute approximate surface area is 85.7 Å². The number of aryl methyl sites for hydroxylation is 1. The van der Waals surface area contributed by atoms with Crippen molar-refractivity contribution in [3.63, 3.8) is 0 Å². The van der Waals surface area contributed by atoms with Gasteiger partial charge in [-0.25, -0.2) is 0 Å². The summed E-state index contributed by atoms with van der Waals surface area (Å²) in [6.07, 6.45) is 5.60. The minimum atomic E-state index is 0.472. The van der Waals surface area contributed by atoms with E-state index >= 15 is 0 Å². The molecule has 1 N–H and O–H groups in total. The lowest BCUT2D eigenvalue weighted by atomic mass is 9.91. The lowest BCUT2D eigenvalue weighted by Gasteiger charge is -2.26. The molecule has 0 bridgehead atoms. The molecule has 0 saturated carbocycles. The fraction of sp³-hybridized carbons (Fsp3) is 0.583. The Kier molecular flexibility index (Phi) is 2.82. The third-order valence-electron chi connectivity index (χ3n) is 2.73. The fourth-order valence-corrected chi connectivity index (χ4v) is 2.17. The predicted molar refractivity (Wildman–Crippen MR) is 58.2 cm³/mol. The average molecular weight is 190 g/mol. The molecule has 0 fully saturated rings. The Bertz CT molecular complexity index is 307. The van der Waals surface area contributed by atoms with E-state index in [-0.39, 0.29) is 0 Å². The Balaban J connectivity index is 2.22. The number of aromatic nitrogens is 1. The van der Waals surface area contributed by atoms with Crippen molar-refractivity contribution < 1.29 is 0 Å². The van der Waals surface area contributed by atoms with Crippen LogP contribution in [0.1, 0.15) is 44.0 Å². The first-order valence-corrected chi connectivity index (χ1v) is 5.47. The first-order chi connectivity index (χ1) is 6.77. The zero-order chi connectivity index (χ0) is 9.97. The number of pyridine rings is 1. The van der Waals surface area contributed by atoms with E-state index in [1.807, 2.05) is 12.3 Å². The summed E-state index contributed by atoms with van der Waals surface area (Å²) in [5.74, 6) is 0. The molecule has 1 aromatic rings. The normalized spacial score (nSPS) is 20.9. The maximum absolute atomic E-state index is 4.49. The Morgan fingerprint density at radius 2 is 2.36 bits per heavy atom. The zero-order valence-corrected chi connectivity index (χ0v) is 8.96. The van der Waals surface area contributed by atoms with Crippen LogP contribution in [0.3, 0.4) is 0 Å². The quantitative estimate of drug-likeness (QED) is 0.775. The summed E-state index contributed by atoms with van der Waals surface area (Å²) in [5.41, 5.74) is 2.70. The van der Waals surface area contributed by atoms with E-state index in [9.17, 15) is 0 Å². The van der Waals surface area contributed by atoms with E-state index in [2.05, 4.69) is 30.2 Å².